The fraction of sp³-hybridized carbons (Fsp3) is 0.364. The number of hydrogen-bond acceptors (Lipinski definition) is 6. The molecule has 0 saturated carbocycles. The van der Waals surface area contributed by atoms with Gasteiger partial charge >= 0.3 is 0 Å². The van der Waals surface area contributed by atoms with E-state index in [-0.39, 0.29) is 11.7 Å². The van der Waals surface area contributed by atoms with Gasteiger partial charge in [-0.05, 0) is 38.8 Å². The van der Waals surface area contributed by atoms with E-state index in [1.165, 1.54) is 15.6 Å². The fourth-order valence-corrected chi connectivity index (χ4v) is 6.90. The van der Waals surface area contributed by atoms with Crippen LogP contribution >= 0.6 is 11.3 Å². The molecule has 1 aromatic heterocycles. The lowest BCUT2D eigenvalue weighted by Gasteiger charge is -2.21. The summed E-state index contributed by atoms with van der Waals surface area (Å²) in [6.45, 7) is 5.00. The summed E-state index contributed by atoms with van der Waals surface area (Å²) in [5.74, 6) is 0.902. The molecule has 168 valence electrons. The minimum Gasteiger partial charge on any atom is -0.454 e. The molecule has 1 atom stereocenters. The van der Waals surface area contributed by atoms with Gasteiger partial charge in [0.25, 0.3) is 5.91 Å². The number of sulfonamides is 1. The maximum absolute atomic E-state index is 13.2. The molecule has 1 unspecified atom stereocenters. The van der Waals surface area contributed by atoms with Gasteiger partial charge in [-0.1, -0.05) is 29.0 Å². The summed E-state index contributed by atoms with van der Waals surface area (Å²) in [5.41, 5.74) is 1.88. The van der Waals surface area contributed by atoms with Crippen molar-refractivity contribution in [1.29, 1.82) is 0 Å². The maximum atomic E-state index is 13.2. The second-order valence-electron chi connectivity index (χ2n) is 7.84. The third-order valence-electron chi connectivity index (χ3n) is 5.82. The van der Waals surface area contributed by atoms with Crippen molar-refractivity contribution < 1.29 is 22.7 Å². The van der Waals surface area contributed by atoms with Crippen LogP contribution in [0.4, 0.5) is 0 Å². The van der Waals surface area contributed by atoms with E-state index in [1.54, 1.807) is 24.3 Å². The van der Waals surface area contributed by atoms with Crippen LogP contribution in [0.3, 0.4) is 0 Å². The zero-order valence-electron chi connectivity index (χ0n) is 17.8. The Morgan fingerprint density at radius 1 is 1.19 bits per heavy atom. The van der Waals surface area contributed by atoms with E-state index < -0.39 is 22.0 Å². The van der Waals surface area contributed by atoms with Gasteiger partial charge in [-0.25, -0.2) is 8.42 Å². The molecule has 0 N–H and O–H groups in total. The molecule has 0 radical (unpaired) electrons. The Bertz CT molecular complexity index is 1370. The van der Waals surface area contributed by atoms with E-state index in [4.69, 9.17) is 9.47 Å². The normalized spacial score (nSPS) is 19.2. The Labute approximate surface area is 189 Å². The Balaban J connectivity index is 1.51. The van der Waals surface area contributed by atoms with Crippen LogP contribution in [0.15, 0.2) is 46.3 Å². The molecular weight excluding hydrogens is 450 g/mol. The summed E-state index contributed by atoms with van der Waals surface area (Å²) in [4.78, 5) is 18.3. The van der Waals surface area contributed by atoms with E-state index in [9.17, 15) is 13.2 Å². The number of benzene rings is 2. The maximum Gasteiger partial charge on any atom is 0.266 e. The third-order valence-corrected chi connectivity index (χ3v) is 8.78. The Morgan fingerprint density at radius 3 is 2.62 bits per heavy atom. The molecule has 3 heterocycles. The lowest BCUT2D eigenvalue weighted by atomic mass is 10.2. The first-order valence-electron chi connectivity index (χ1n) is 10.5. The Kier molecular flexibility index (Phi) is 5.31. The first-order valence-corrected chi connectivity index (χ1v) is 12.7. The van der Waals surface area contributed by atoms with Gasteiger partial charge in [-0.15, -0.1) is 0 Å². The number of aryl methyl sites for hydroxylation is 2. The average molecular weight is 474 g/mol. The lowest BCUT2D eigenvalue weighted by Crippen LogP contribution is -2.40. The first-order chi connectivity index (χ1) is 15.4. The molecule has 2 aromatic carbocycles. The van der Waals surface area contributed by atoms with Gasteiger partial charge in [0.2, 0.25) is 16.8 Å². The summed E-state index contributed by atoms with van der Waals surface area (Å²) >= 11 is 1.38. The number of ether oxygens (including phenoxy) is 2. The summed E-state index contributed by atoms with van der Waals surface area (Å²) in [7, 11) is -3.77. The molecule has 2 aliphatic rings. The van der Waals surface area contributed by atoms with Gasteiger partial charge in [-0.2, -0.15) is 9.30 Å². The van der Waals surface area contributed by atoms with Crippen LogP contribution in [0.5, 0.6) is 11.5 Å². The minimum absolute atomic E-state index is 0.196. The van der Waals surface area contributed by atoms with Gasteiger partial charge in [0.15, 0.2) is 16.3 Å². The van der Waals surface area contributed by atoms with Crippen molar-refractivity contribution in [3.05, 3.63) is 46.8 Å². The predicted octanol–water partition coefficient (Wildman–Crippen LogP) is 3.04. The Hall–Kier alpha value is -2.69. The number of rotatable bonds is 4. The second-order valence-corrected chi connectivity index (χ2v) is 10.7. The first kappa shape index (κ1) is 21.2. The van der Waals surface area contributed by atoms with Crippen molar-refractivity contribution in [2.75, 3.05) is 13.3 Å². The van der Waals surface area contributed by atoms with Crippen LogP contribution in [-0.4, -0.2) is 42.6 Å². The summed E-state index contributed by atoms with van der Waals surface area (Å²) in [6, 6.07) is 9.68. The van der Waals surface area contributed by atoms with Crippen LogP contribution in [-0.2, 0) is 21.4 Å². The summed E-state index contributed by atoms with van der Waals surface area (Å²) in [5, 5.41) is 0. The number of thiazole rings is 1. The standard InChI is InChI=1S/C22H23N3O5S2/c1-3-24-17-11-18-19(30-13-29-18)12-20(17)31-22(24)23-21(26)16-5-4-10-25(16)32(27,28)15-8-6-14(2)7-9-15/h6-9,11-12,16H,3-5,10,13H2,1-2H3. The molecule has 32 heavy (non-hydrogen) atoms. The minimum atomic E-state index is -3.77. The lowest BCUT2D eigenvalue weighted by molar-refractivity contribution is -0.121. The molecule has 5 rings (SSSR count). The molecule has 0 bridgehead atoms. The molecule has 0 spiro atoms. The van der Waals surface area contributed by atoms with E-state index >= 15 is 0 Å². The number of amides is 1. The highest BCUT2D eigenvalue weighted by Crippen LogP contribution is 2.37. The van der Waals surface area contributed by atoms with Gasteiger partial charge in [0.05, 0.1) is 15.1 Å². The fourth-order valence-electron chi connectivity index (χ4n) is 4.14. The van der Waals surface area contributed by atoms with Crippen molar-refractivity contribution in [3.63, 3.8) is 0 Å². The third kappa shape index (κ3) is 3.52. The average Bonchev–Trinajstić information content (AvgIpc) is 3.50. The zero-order valence-corrected chi connectivity index (χ0v) is 19.4. The number of hydrogen-bond donors (Lipinski definition) is 0. The van der Waals surface area contributed by atoms with E-state index in [0.29, 0.717) is 42.2 Å². The smallest absolute Gasteiger partial charge is 0.266 e. The number of carbonyl (C=O) groups excluding carboxylic acids is 1. The van der Waals surface area contributed by atoms with Gasteiger partial charge in [0, 0.05) is 25.2 Å². The quantitative estimate of drug-likeness (QED) is 0.581. The van der Waals surface area contributed by atoms with E-state index in [2.05, 4.69) is 4.99 Å². The van der Waals surface area contributed by atoms with Crippen LogP contribution < -0.4 is 14.3 Å². The van der Waals surface area contributed by atoms with E-state index in [1.807, 2.05) is 30.5 Å². The number of carbonyl (C=O) groups is 1. The SMILES string of the molecule is CCn1c(=NC(=O)C2CCCN2S(=O)(=O)c2ccc(C)cc2)sc2cc3c(cc21)OCO3. The van der Waals surface area contributed by atoms with Crippen molar-refractivity contribution in [1.82, 2.24) is 8.87 Å². The molecule has 1 fully saturated rings. The largest absolute Gasteiger partial charge is 0.454 e. The van der Waals surface area contributed by atoms with Crippen molar-refractivity contribution in [3.8, 4) is 11.5 Å². The van der Waals surface area contributed by atoms with Crippen molar-refractivity contribution in [2.24, 2.45) is 4.99 Å². The highest BCUT2D eigenvalue weighted by atomic mass is 32.2. The van der Waals surface area contributed by atoms with Crippen molar-refractivity contribution >= 4 is 37.5 Å². The molecular formula is C22H23N3O5S2. The van der Waals surface area contributed by atoms with Crippen LogP contribution in [0.1, 0.15) is 25.3 Å². The van der Waals surface area contributed by atoms with Gasteiger partial charge in [-0.3, -0.25) is 4.79 Å². The summed E-state index contributed by atoms with van der Waals surface area (Å²) in [6.07, 6.45) is 1.08. The number of nitrogens with zero attached hydrogens (tertiary/aromatic N) is 3. The van der Waals surface area contributed by atoms with Gasteiger partial charge in [0.1, 0.15) is 6.04 Å². The predicted molar refractivity (Wildman–Crippen MR) is 120 cm³/mol. The van der Waals surface area contributed by atoms with Crippen LogP contribution in [0, 0.1) is 6.92 Å². The second kappa shape index (κ2) is 8.02. The molecule has 3 aromatic rings. The van der Waals surface area contributed by atoms with Crippen LogP contribution in [0.2, 0.25) is 0 Å². The molecule has 1 saturated heterocycles. The molecule has 2 aliphatic heterocycles. The zero-order chi connectivity index (χ0) is 22.5. The van der Waals surface area contributed by atoms with Crippen molar-refractivity contribution in [2.45, 2.75) is 44.2 Å². The number of fused-ring (bicyclic) bond motifs is 2. The highest BCUT2D eigenvalue weighted by Gasteiger charge is 2.39. The molecule has 1 amide bonds. The molecule has 8 nitrogen and oxygen atoms in total. The molecule has 0 aliphatic carbocycles. The van der Waals surface area contributed by atoms with Crippen LogP contribution in [0.25, 0.3) is 10.2 Å². The van der Waals surface area contributed by atoms with Gasteiger partial charge < -0.3 is 14.0 Å². The Morgan fingerprint density at radius 2 is 1.91 bits per heavy atom. The monoisotopic (exact) mass is 473 g/mol. The molecule has 10 heteroatoms. The topological polar surface area (TPSA) is 90.2 Å². The highest BCUT2D eigenvalue weighted by molar-refractivity contribution is 7.89. The number of aromatic nitrogens is 1. The summed E-state index contributed by atoms with van der Waals surface area (Å²) < 4.78 is 41.5. The van der Waals surface area contributed by atoms with E-state index in [0.717, 1.165) is 15.8 Å².